The summed E-state index contributed by atoms with van der Waals surface area (Å²) in [6.07, 6.45) is 1.91. The predicted molar refractivity (Wildman–Crippen MR) is 67.2 cm³/mol. The Hall–Kier alpha value is -0.870. The number of likely N-dealkylation sites (N-methyl/N-ethyl adjacent to an activating group) is 1. The van der Waals surface area contributed by atoms with Crippen molar-refractivity contribution in [1.29, 1.82) is 0 Å². The number of anilines is 1. The second-order valence-electron chi connectivity index (χ2n) is 3.95. The number of carbonyl (C=O) groups is 1. The highest BCUT2D eigenvalue weighted by molar-refractivity contribution is 9.10. The second-order valence-corrected chi connectivity index (χ2v) is 4.86. The molecular formula is C12H14BrNO2. The summed E-state index contributed by atoms with van der Waals surface area (Å²) >= 11 is 3.37. The van der Waals surface area contributed by atoms with Crippen LogP contribution in [0.15, 0.2) is 22.7 Å². The van der Waals surface area contributed by atoms with Crippen LogP contribution in [-0.4, -0.2) is 32.6 Å². The van der Waals surface area contributed by atoms with Gasteiger partial charge in [0.1, 0.15) is 0 Å². The Labute approximate surface area is 104 Å². The summed E-state index contributed by atoms with van der Waals surface area (Å²) in [6.45, 7) is 1.55. The van der Waals surface area contributed by atoms with Gasteiger partial charge in [-0.05, 0) is 24.6 Å². The Balaban J connectivity index is 2.27. The fraction of sp³-hybridized carbons (Fsp3) is 0.417. The Morgan fingerprint density at radius 3 is 3.00 bits per heavy atom. The average Bonchev–Trinajstić information content (AvgIpc) is 2.81. The monoisotopic (exact) mass is 283 g/mol. The molecule has 0 amide bonds. The van der Waals surface area contributed by atoms with Crippen LogP contribution in [-0.2, 0) is 4.74 Å². The van der Waals surface area contributed by atoms with E-state index in [0.717, 1.165) is 36.1 Å². The highest BCUT2D eigenvalue weighted by Gasteiger charge is 2.22. The minimum atomic E-state index is 0.375. The molecular weight excluding hydrogens is 270 g/mol. The molecule has 1 aliphatic rings. The Morgan fingerprint density at radius 1 is 1.56 bits per heavy atom. The third-order valence-corrected chi connectivity index (χ3v) is 3.44. The van der Waals surface area contributed by atoms with E-state index in [9.17, 15) is 4.79 Å². The molecule has 3 nitrogen and oxygen atoms in total. The Bertz CT molecular complexity index is 389. The van der Waals surface area contributed by atoms with Crippen molar-refractivity contribution in [2.45, 2.75) is 12.5 Å². The van der Waals surface area contributed by atoms with E-state index in [-0.39, 0.29) is 0 Å². The predicted octanol–water partition coefficient (Wildman–Crippen LogP) is 2.49. The van der Waals surface area contributed by atoms with Crippen LogP contribution in [0.25, 0.3) is 0 Å². The molecule has 0 aromatic heterocycles. The largest absolute Gasteiger partial charge is 0.379 e. The molecule has 0 N–H and O–H groups in total. The molecule has 86 valence electrons. The second kappa shape index (κ2) is 4.97. The van der Waals surface area contributed by atoms with E-state index in [0.29, 0.717) is 11.6 Å². The third kappa shape index (κ3) is 2.28. The van der Waals surface area contributed by atoms with Crippen LogP contribution in [0.5, 0.6) is 0 Å². The lowest BCUT2D eigenvalue weighted by atomic mass is 10.1. The van der Waals surface area contributed by atoms with Gasteiger partial charge in [-0.25, -0.2) is 0 Å². The van der Waals surface area contributed by atoms with E-state index in [4.69, 9.17) is 4.74 Å². The van der Waals surface area contributed by atoms with Gasteiger partial charge >= 0.3 is 0 Å². The lowest BCUT2D eigenvalue weighted by Crippen LogP contribution is -2.32. The lowest BCUT2D eigenvalue weighted by Gasteiger charge is -2.26. The van der Waals surface area contributed by atoms with Crippen LogP contribution < -0.4 is 4.90 Å². The number of aldehydes is 1. The zero-order valence-electron chi connectivity index (χ0n) is 9.15. The number of ether oxygens (including phenoxy) is 1. The molecule has 1 heterocycles. The summed E-state index contributed by atoms with van der Waals surface area (Å²) in [4.78, 5) is 13.1. The summed E-state index contributed by atoms with van der Waals surface area (Å²) in [7, 11) is 2.01. The van der Waals surface area contributed by atoms with Crippen molar-refractivity contribution < 1.29 is 9.53 Å². The molecule has 16 heavy (non-hydrogen) atoms. The number of carbonyl (C=O) groups excluding carboxylic acids is 1. The number of hydrogen-bond donors (Lipinski definition) is 0. The number of nitrogens with zero attached hydrogens (tertiary/aromatic N) is 1. The van der Waals surface area contributed by atoms with E-state index in [1.54, 1.807) is 0 Å². The smallest absolute Gasteiger partial charge is 0.152 e. The topological polar surface area (TPSA) is 29.5 Å². The fourth-order valence-electron chi connectivity index (χ4n) is 1.97. The lowest BCUT2D eigenvalue weighted by molar-refractivity contribution is 0.112. The number of hydrogen-bond acceptors (Lipinski definition) is 3. The first-order chi connectivity index (χ1) is 7.72. The first-order valence-corrected chi connectivity index (χ1v) is 6.07. The molecule has 0 saturated carbocycles. The van der Waals surface area contributed by atoms with Gasteiger partial charge in [-0.15, -0.1) is 0 Å². The van der Waals surface area contributed by atoms with Gasteiger partial charge in [0.15, 0.2) is 6.29 Å². The normalized spacial score (nSPS) is 19.8. The van der Waals surface area contributed by atoms with Crippen molar-refractivity contribution in [2.24, 2.45) is 0 Å². The summed E-state index contributed by atoms with van der Waals surface area (Å²) < 4.78 is 6.28. The first-order valence-electron chi connectivity index (χ1n) is 5.27. The van der Waals surface area contributed by atoms with Crippen molar-refractivity contribution in [2.75, 3.05) is 25.2 Å². The minimum Gasteiger partial charge on any atom is -0.379 e. The molecule has 1 aromatic carbocycles. The summed E-state index contributed by atoms with van der Waals surface area (Å²) in [5.41, 5.74) is 1.68. The van der Waals surface area contributed by atoms with Crippen molar-refractivity contribution >= 4 is 27.9 Å². The molecule has 1 saturated heterocycles. The average molecular weight is 284 g/mol. The molecule has 0 radical (unpaired) electrons. The van der Waals surface area contributed by atoms with Gasteiger partial charge in [0.05, 0.1) is 12.6 Å². The highest BCUT2D eigenvalue weighted by atomic mass is 79.9. The van der Waals surface area contributed by atoms with Crippen LogP contribution in [0.2, 0.25) is 0 Å². The third-order valence-electron chi connectivity index (χ3n) is 2.95. The molecule has 4 heteroatoms. The van der Waals surface area contributed by atoms with Crippen LogP contribution in [0, 0.1) is 0 Å². The summed E-state index contributed by atoms with van der Waals surface area (Å²) in [5.74, 6) is 0. The van der Waals surface area contributed by atoms with Gasteiger partial charge in [0.2, 0.25) is 0 Å². The molecule has 2 rings (SSSR count). The summed E-state index contributed by atoms with van der Waals surface area (Å²) in [6, 6.07) is 6.13. The van der Waals surface area contributed by atoms with E-state index >= 15 is 0 Å². The minimum absolute atomic E-state index is 0.375. The number of benzene rings is 1. The van der Waals surface area contributed by atoms with Gasteiger partial charge in [-0.1, -0.05) is 15.9 Å². The number of halogens is 1. The standard InChI is InChI=1S/C12H14BrNO2/c1-14(11-4-5-16-8-11)12-3-2-10(13)6-9(12)7-15/h2-3,6-7,11H,4-5,8H2,1H3. The van der Waals surface area contributed by atoms with Crippen LogP contribution >= 0.6 is 15.9 Å². The van der Waals surface area contributed by atoms with Crippen molar-refractivity contribution in [3.8, 4) is 0 Å². The molecule has 0 aliphatic carbocycles. The first kappa shape index (κ1) is 11.6. The maximum absolute atomic E-state index is 11.0. The van der Waals surface area contributed by atoms with Crippen molar-refractivity contribution in [3.05, 3.63) is 28.2 Å². The van der Waals surface area contributed by atoms with Gasteiger partial charge in [-0.2, -0.15) is 0 Å². The van der Waals surface area contributed by atoms with Gasteiger partial charge < -0.3 is 9.64 Å². The van der Waals surface area contributed by atoms with Crippen molar-refractivity contribution in [1.82, 2.24) is 0 Å². The molecule has 1 aromatic rings. The molecule has 0 bridgehead atoms. The highest BCUT2D eigenvalue weighted by Crippen LogP contribution is 2.26. The zero-order chi connectivity index (χ0) is 11.5. The summed E-state index contributed by atoms with van der Waals surface area (Å²) in [5, 5.41) is 0. The van der Waals surface area contributed by atoms with Gasteiger partial charge in [0.25, 0.3) is 0 Å². The maximum Gasteiger partial charge on any atom is 0.152 e. The number of rotatable bonds is 3. The van der Waals surface area contributed by atoms with Crippen LogP contribution in [0.1, 0.15) is 16.8 Å². The molecule has 1 unspecified atom stereocenters. The molecule has 1 aliphatic heterocycles. The zero-order valence-corrected chi connectivity index (χ0v) is 10.7. The van der Waals surface area contributed by atoms with Crippen molar-refractivity contribution in [3.63, 3.8) is 0 Å². The SMILES string of the molecule is CN(c1ccc(Br)cc1C=O)C1CCOC1. The molecule has 1 atom stereocenters. The maximum atomic E-state index is 11.0. The molecule has 1 fully saturated rings. The van der Waals surface area contributed by atoms with E-state index in [1.165, 1.54) is 0 Å². The van der Waals surface area contributed by atoms with E-state index in [1.807, 2.05) is 25.2 Å². The van der Waals surface area contributed by atoms with Crippen LogP contribution in [0.3, 0.4) is 0 Å². The fourth-order valence-corrected chi connectivity index (χ4v) is 2.34. The van der Waals surface area contributed by atoms with E-state index < -0.39 is 0 Å². The molecule has 0 spiro atoms. The quantitative estimate of drug-likeness (QED) is 0.799. The van der Waals surface area contributed by atoms with Gasteiger partial charge in [0, 0.05) is 29.4 Å². The van der Waals surface area contributed by atoms with Crippen LogP contribution in [0.4, 0.5) is 5.69 Å². The Kier molecular flexibility index (Phi) is 3.61. The van der Waals surface area contributed by atoms with E-state index in [2.05, 4.69) is 20.8 Å². The van der Waals surface area contributed by atoms with Gasteiger partial charge in [-0.3, -0.25) is 4.79 Å². The Morgan fingerprint density at radius 2 is 2.38 bits per heavy atom.